The van der Waals surface area contributed by atoms with Crippen LogP contribution in [0.25, 0.3) is 0 Å². The molecule has 1 atom stereocenters. The minimum absolute atomic E-state index is 0.137. The molecule has 0 aromatic carbocycles. The lowest BCUT2D eigenvalue weighted by molar-refractivity contribution is 0.126. The zero-order valence-corrected chi connectivity index (χ0v) is 15.5. The van der Waals surface area contributed by atoms with E-state index in [9.17, 15) is 0 Å². The average molecular weight is 296 g/mol. The standard InChI is InChI=1S/C16H33N3Si/c1-14(2)16(4,5)20(6,7)19-10-8-9-18(13-19)12-15(3)11-17/h14-15H,8-10,12-13H2,1-7H3. The Bertz CT molecular complexity index is 357. The lowest BCUT2D eigenvalue weighted by Crippen LogP contribution is -2.62. The highest BCUT2D eigenvalue weighted by atomic mass is 28.3. The highest BCUT2D eigenvalue weighted by molar-refractivity contribution is 6.77. The summed E-state index contributed by atoms with van der Waals surface area (Å²) in [5.74, 6) is 0.843. The van der Waals surface area contributed by atoms with Gasteiger partial charge in [0.25, 0.3) is 0 Å². The van der Waals surface area contributed by atoms with Crippen molar-refractivity contribution in [3.63, 3.8) is 0 Å². The fourth-order valence-corrected chi connectivity index (χ4v) is 6.51. The summed E-state index contributed by atoms with van der Waals surface area (Å²) in [7, 11) is -1.49. The van der Waals surface area contributed by atoms with Gasteiger partial charge in [-0.1, -0.05) is 40.8 Å². The largest absolute Gasteiger partial charge is 0.311 e. The van der Waals surface area contributed by atoms with Crippen molar-refractivity contribution in [2.24, 2.45) is 11.8 Å². The van der Waals surface area contributed by atoms with Crippen molar-refractivity contribution in [2.45, 2.75) is 59.2 Å². The number of hydrogen-bond acceptors (Lipinski definition) is 3. The molecule has 3 nitrogen and oxygen atoms in total. The molecule has 1 aliphatic heterocycles. The van der Waals surface area contributed by atoms with Gasteiger partial charge in [-0.25, -0.2) is 0 Å². The summed E-state index contributed by atoms with van der Waals surface area (Å²) in [6.07, 6.45) is 1.24. The van der Waals surface area contributed by atoms with Crippen molar-refractivity contribution in [2.75, 3.05) is 26.3 Å². The van der Waals surface area contributed by atoms with E-state index < -0.39 is 8.24 Å². The van der Waals surface area contributed by atoms with Crippen LogP contribution in [0.4, 0.5) is 0 Å². The Morgan fingerprint density at radius 3 is 2.30 bits per heavy atom. The first-order valence-corrected chi connectivity index (χ1v) is 10.9. The summed E-state index contributed by atoms with van der Waals surface area (Å²) >= 11 is 0. The molecule has 0 N–H and O–H groups in total. The van der Waals surface area contributed by atoms with Crippen LogP contribution in [0.2, 0.25) is 18.1 Å². The van der Waals surface area contributed by atoms with Crippen LogP contribution in [0.5, 0.6) is 0 Å². The van der Waals surface area contributed by atoms with Gasteiger partial charge in [-0.05, 0) is 30.8 Å². The summed E-state index contributed by atoms with van der Waals surface area (Å²) in [6.45, 7) is 21.0. The first kappa shape index (κ1) is 17.7. The summed E-state index contributed by atoms with van der Waals surface area (Å²) in [4.78, 5) is 2.47. The number of nitriles is 1. The average Bonchev–Trinajstić information content (AvgIpc) is 2.38. The summed E-state index contributed by atoms with van der Waals surface area (Å²) in [5.41, 5.74) is 0. The molecule has 0 radical (unpaired) electrons. The zero-order valence-electron chi connectivity index (χ0n) is 14.5. The minimum atomic E-state index is -1.49. The van der Waals surface area contributed by atoms with Gasteiger partial charge in [-0.15, -0.1) is 0 Å². The molecule has 1 heterocycles. The van der Waals surface area contributed by atoms with Gasteiger partial charge in [0.05, 0.1) is 12.0 Å². The van der Waals surface area contributed by atoms with E-state index in [1.165, 1.54) is 13.0 Å². The van der Waals surface area contributed by atoms with Crippen LogP contribution in [0.15, 0.2) is 0 Å². The zero-order chi connectivity index (χ0) is 15.6. The molecular formula is C16H33N3Si. The van der Waals surface area contributed by atoms with Crippen LogP contribution < -0.4 is 0 Å². The maximum atomic E-state index is 9.01. The maximum absolute atomic E-state index is 9.01. The van der Waals surface area contributed by atoms with E-state index in [0.717, 1.165) is 19.8 Å². The van der Waals surface area contributed by atoms with E-state index in [0.29, 0.717) is 11.0 Å². The van der Waals surface area contributed by atoms with Crippen molar-refractivity contribution < 1.29 is 0 Å². The first-order chi connectivity index (χ1) is 9.12. The van der Waals surface area contributed by atoms with Crippen molar-refractivity contribution in [1.29, 1.82) is 5.26 Å². The SMILES string of the molecule is CC(C#N)CN1CCCN([Si](C)(C)C(C)(C)C(C)C)C1. The van der Waals surface area contributed by atoms with Crippen LogP contribution in [0.3, 0.4) is 0 Å². The van der Waals surface area contributed by atoms with Crippen LogP contribution in [0, 0.1) is 23.2 Å². The fourth-order valence-electron chi connectivity index (χ4n) is 3.02. The molecule has 0 aromatic heterocycles. The maximum Gasteiger partial charge on any atom is 0.129 e. The molecule has 0 amide bonds. The van der Waals surface area contributed by atoms with Gasteiger partial charge in [-0.2, -0.15) is 5.26 Å². The van der Waals surface area contributed by atoms with Gasteiger partial charge in [-0.3, -0.25) is 4.90 Å². The summed E-state index contributed by atoms with van der Waals surface area (Å²) in [5, 5.41) is 9.41. The number of nitrogens with zero attached hydrogens (tertiary/aromatic N) is 3. The highest BCUT2D eigenvalue weighted by Crippen LogP contribution is 2.46. The van der Waals surface area contributed by atoms with Gasteiger partial charge < -0.3 is 4.57 Å². The van der Waals surface area contributed by atoms with Crippen LogP contribution in [-0.2, 0) is 0 Å². The van der Waals surface area contributed by atoms with Crippen molar-refractivity contribution in [3.8, 4) is 6.07 Å². The van der Waals surface area contributed by atoms with Gasteiger partial charge in [0.2, 0.25) is 0 Å². The predicted molar refractivity (Wildman–Crippen MR) is 88.9 cm³/mol. The van der Waals surface area contributed by atoms with Gasteiger partial charge in [0.1, 0.15) is 8.24 Å². The second-order valence-electron chi connectivity index (χ2n) is 7.80. The molecule has 1 fully saturated rings. The third-order valence-corrected chi connectivity index (χ3v) is 11.5. The lowest BCUT2D eigenvalue weighted by Gasteiger charge is -2.53. The molecular weight excluding hydrogens is 262 g/mol. The number of rotatable bonds is 5. The highest BCUT2D eigenvalue weighted by Gasteiger charge is 2.46. The van der Waals surface area contributed by atoms with E-state index >= 15 is 0 Å². The van der Waals surface area contributed by atoms with E-state index in [2.05, 4.69) is 56.3 Å². The van der Waals surface area contributed by atoms with Crippen molar-refractivity contribution in [1.82, 2.24) is 9.47 Å². The fraction of sp³-hybridized carbons (Fsp3) is 0.938. The number of hydrogen-bond donors (Lipinski definition) is 0. The monoisotopic (exact) mass is 295 g/mol. The first-order valence-electron chi connectivity index (χ1n) is 8.00. The molecule has 0 aromatic rings. The van der Waals surface area contributed by atoms with E-state index in [-0.39, 0.29) is 5.92 Å². The second kappa shape index (κ2) is 6.59. The molecule has 1 rings (SSSR count). The quantitative estimate of drug-likeness (QED) is 0.724. The second-order valence-corrected chi connectivity index (χ2v) is 12.8. The smallest absolute Gasteiger partial charge is 0.129 e. The molecule has 0 saturated carbocycles. The third-order valence-electron chi connectivity index (χ3n) is 5.84. The predicted octanol–water partition coefficient (Wildman–Crippen LogP) is 3.75. The summed E-state index contributed by atoms with van der Waals surface area (Å²) in [6, 6.07) is 2.37. The molecule has 1 saturated heterocycles. The normalized spacial score (nSPS) is 20.9. The molecule has 20 heavy (non-hydrogen) atoms. The third kappa shape index (κ3) is 3.63. The van der Waals surface area contributed by atoms with Gasteiger partial charge in [0, 0.05) is 19.8 Å². The van der Waals surface area contributed by atoms with Crippen LogP contribution in [-0.4, -0.2) is 44.0 Å². The Balaban J connectivity index is 2.78. The summed E-state index contributed by atoms with van der Waals surface area (Å²) < 4.78 is 2.75. The Morgan fingerprint density at radius 2 is 1.80 bits per heavy atom. The molecule has 4 heteroatoms. The van der Waals surface area contributed by atoms with Crippen LogP contribution >= 0.6 is 0 Å². The molecule has 116 valence electrons. The van der Waals surface area contributed by atoms with Crippen molar-refractivity contribution in [3.05, 3.63) is 0 Å². The molecule has 0 aliphatic carbocycles. The Hall–Kier alpha value is -0.373. The van der Waals surface area contributed by atoms with Gasteiger partial charge >= 0.3 is 0 Å². The topological polar surface area (TPSA) is 30.3 Å². The molecule has 1 unspecified atom stereocenters. The lowest BCUT2D eigenvalue weighted by atomic mass is 9.99. The Kier molecular flexibility index (Phi) is 5.83. The minimum Gasteiger partial charge on any atom is -0.311 e. The van der Waals surface area contributed by atoms with Crippen molar-refractivity contribution >= 4 is 8.24 Å². The van der Waals surface area contributed by atoms with E-state index in [1.54, 1.807) is 0 Å². The molecule has 0 bridgehead atoms. The van der Waals surface area contributed by atoms with Gasteiger partial charge in [0.15, 0.2) is 0 Å². The van der Waals surface area contributed by atoms with E-state index in [4.69, 9.17) is 5.26 Å². The Morgan fingerprint density at radius 1 is 1.20 bits per heavy atom. The molecule has 1 aliphatic rings. The molecule has 0 spiro atoms. The van der Waals surface area contributed by atoms with Crippen LogP contribution in [0.1, 0.15) is 41.0 Å². The van der Waals surface area contributed by atoms with E-state index in [1.807, 2.05) is 6.92 Å². The Labute approximate surface area is 127 Å².